The monoisotopic (exact) mass is 269 g/mol. The van der Waals surface area contributed by atoms with Crippen molar-refractivity contribution in [3.63, 3.8) is 0 Å². The number of nitrogens with one attached hydrogen (secondary N) is 1. The summed E-state index contributed by atoms with van der Waals surface area (Å²) < 4.78 is 0. The highest BCUT2D eigenvalue weighted by atomic mass is 16.4. The zero-order valence-electron chi connectivity index (χ0n) is 11.6. The van der Waals surface area contributed by atoms with Crippen molar-refractivity contribution in [2.45, 2.75) is 26.2 Å². The van der Waals surface area contributed by atoms with Crippen LogP contribution < -0.4 is 5.32 Å². The molecule has 0 saturated carbocycles. The number of aryl methyl sites for hydroxylation is 1. The second kappa shape index (κ2) is 6.75. The molecular weight excluding hydrogens is 250 g/mol. The van der Waals surface area contributed by atoms with Crippen molar-refractivity contribution < 1.29 is 9.90 Å². The lowest BCUT2D eigenvalue weighted by atomic mass is 10.1. The lowest BCUT2D eigenvalue weighted by Gasteiger charge is -2.08. The Morgan fingerprint density at radius 1 is 1.00 bits per heavy atom. The highest BCUT2D eigenvalue weighted by molar-refractivity contribution is 5.88. The Morgan fingerprint density at radius 3 is 2.05 bits per heavy atom. The minimum Gasteiger partial charge on any atom is -0.478 e. The Morgan fingerprint density at radius 2 is 1.55 bits per heavy atom. The van der Waals surface area contributed by atoms with Crippen LogP contribution in [0.15, 0.2) is 48.5 Å². The Labute approximate surface area is 119 Å². The number of anilines is 2. The third-order valence-corrected chi connectivity index (χ3v) is 3.19. The third kappa shape index (κ3) is 3.85. The SMILES string of the molecule is CCCCc1ccc(Nc2ccc(C(=O)O)cc2)cc1. The van der Waals surface area contributed by atoms with Gasteiger partial charge in [-0.05, 0) is 54.8 Å². The molecule has 0 spiro atoms. The number of carbonyl (C=O) groups is 1. The van der Waals surface area contributed by atoms with E-state index in [0.717, 1.165) is 17.8 Å². The van der Waals surface area contributed by atoms with E-state index in [4.69, 9.17) is 5.11 Å². The van der Waals surface area contributed by atoms with E-state index in [9.17, 15) is 4.79 Å². The second-order valence-electron chi connectivity index (χ2n) is 4.81. The van der Waals surface area contributed by atoms with Crippen molar-refractivity contribution in [1.29, 1.82) is 0 Å². The van der Waals surface area contributed by atoms with Crippen LogP contribution in [0.5, 0.6) is 0 Å². The third-order valence-electron chi connectivity index (χ3n) is 3.19. The zero-order chi connectivity index (χ0) is 14.4. The van der Waals surface area contributed by atoms with Gasteiger partial charge >= 0.3 is 5.97 Å². The van der Waals surface area contributed by atoms with Gasteiger partial charge < -0.3 is 10.4 Å². The normalized spacial score (nSPS) is 10.2. The Bertz CT molecular complexity index is 559. The van der Waals surface area contributed by atoms with Gasteiger partial charge in [0.05, 0.1) is 5.56 Å². The lowest BCUT2D eigenvalue weighted by Crippen LogP contribution is -1.96. The summed E-state index contributed by atoms with van der Waals surface area (Å²) in [6.07, 6.45) is 3.53. The van der Waals surface area contributed by atoms with Crippen LogP contribution in [0.3, 0.4) is 0 Å². The van der Waals surface area contributed by atoms with Crippen molar-refractivity contribution in [2.24, 2.45) is 0 Å². The molecule has 0 saturated heterocycles. The smallest absolute Gasteiger partial charge is 0.335 e. The van der Waals surface area contributed by atoms with Gasteiger partial charge in [0.15, 0.2) is 0 Å². The Hall–Kier alpha value is -2.29. The highest BCUT2D eigenvalue weighted by Gasteiger charge is 2.01. The van der Waals surface area contributed by atoms with Crippen LogP contribution in [0.4, 0.5) is 11.4 Å². The Kier molecular flexibility index (Phi) is 4.77. The van der Waals surface area contributed by atoms with Gasteiger partial charge in [-0.1, -0.05) is 25.5 Å². The molecule has 0 aromatic heterocycles. The second-order valence-corrected chi connectivity index (χ2v) is 4.81. The van der Waals surface area contributed by atoms with Crippen molar-refractivity contribution in [3.8, 4) is 0 Å². The number of hydrogen-bond donors (Lipinski definition) is 2. The van der Waals surface area contributed by atoms with Crippen LogP contribution in [0.1, 0.15) is 35.7 Å². The van der Waals surface area contributed by atoms with Crippen molar-refractivity contribution in [3.05, 3.63) is 59.7 Å². The summed E-state index contributed by atoms with van der Waals surface area (Å²) in [4.78, 5) is 10.8. The molecule has 2 N–H and O–H groups in total. The number of carboxylic acid groups (broad SMARTS) is 1. The van der Waals surface area contributed by atoms with Crippen LogP contribution >= 0.6 is 0 Å². The van der Waals surface area contributed by atoms with Crippen molar-refractivity contribution in [2.75, 3.05) is 5.32 Å². The van der Waals surface area contributed by atoms with Crippen LogP contribution in [-0.4, -0.2) is 11.1 Å². The summed E-state index contributed by atoms with van der Waals surface area (Å²) in [6, 6.07) is 15.1. The van der Waals surface area contributed by atoms with Crippen LogP contribution in [0, 0.1) is 0 Å². The number of carboxylic acids is 1. The Balaban J connectivity index is 2.00. The summed E-state index contributed by atoms with van der Waals surface area (Å²) >= 11 is 0. The molecule has 0 fully saturated rings. The first-order valence-electron chi connectivity index (χ1n) is 6.88. The predicted octanol–water partition coefficient (Wildman–Crippen LogP) is 4.47. The fourth-order valence-electron chi connectivity index (χ4n) is 2.00. The summed E-state index contributed by atoms with van der Waals surface area (Å²) in [5.74, 6) is -0.906. The van der Waals surface area contributed by atoms with Gasteiger partial charge in [0.1, 0.15) is 0 Å². The minimum atomic E-state index is -0.906. The van der Waals surface area contributed by atoms with Gasteiger partial charge in [-0.2, -0.15) is 0 Å². The average molecular weight is 269 g/mol. The van der Waals surface area contributed by atoms with E-state index in [0.29, 0.717) is 5.56 Å². The van der Waals surface area contributed by atoms with Gasteiger partial charge in [-0.25, -0.2) is 4.79 Å². The van der Waals surface area contributed by atoms with Gasteiger partial charge in [-0.3, -0.25) is 0 Å². The molecule has 0 radical (unpaired) electrons. The van der Waals surface area contributed by atoms with E-state index in [1.165, 1.54) is 18.4 Å². The van der Waals surface area contributed by atoms with Crippen molar-refractivity contribution >= 4 is 17.3 Å². The molecule has 0 atom stereocenters. The molecule has 0 aliphatic carbocycles. The number of hydrogen-bond acceptors (Lipinski definition) is 2. The van der Waals surface area contributed by atoms with E-state index >= 15 is 0 Å². The maximum Gasteiger partial charge on any atom is 0.335 e. The zero-order valence-corrected chi connectivity index (χ0v) is 11.6. The lowest BCUT2D eigenvalue weighted by molar-refractivity contribution is 0.0697. The predicted molar refractivity (Wildman–Crippen MR) is 81.7 cm³/mol. The largest absolute Gasteiger partial charge is 0.478 e. The maximum absolute atomic E-state index is 10.8. The number of rotatable bonds is 6. The summed E-state index contributed by atoms with van der Waals surface area (Å²) in [5.41, 5.74) is 3.54. The standard InChI is InChI=1S/C17H19NO2/c1-2-3-4-13-5-9-15(10-6-13)18-16-11-7-14(8-12-16)17(19)20/h5-12,18H,2-4H2,1H3,(H,19,20). The molecule has 0 aliphatic rings. The summed E-state index contributed by atoms with van der Waals surface area (Å²) in [5, 5.41) is 12.1. The number of unbranched alkanes of at least 4 members (excludes halogenated alkanes) is 1. The number of aromatic carboxylic acids is 1. The van der Waals surface area contributed by atoms with Gasteiger partial charge in [0.25, 0.3) is 0 Å². The van der Waals surface area contributed by atoms with Gasteiger partial charge in [0, 0.05) is 11.4 Å². The highest BCUT2D eigenvalue weighted by Crippen LogP contribution is 2.18. The molecule has 0 unspecified atom stereocenters. The van der Waals surface area contributed by atoms with E-state index in [1.54, 1.807) is 24.3 Å². The molecule has 104 valence electrons. The van der Waals surface area contributed by atoms with Gasteiger partial charge in [-0.15, -0.1) is 0 Å². The molecular formula is C17H19NO2. The fourth-order valence-corrected chi connectivity index (χ4v) is 2.00. The molecule has 0 heterocycles. The maximum atomic E-state index is 10.8. The van der Waals surface area contributed by atoms with Crippen LogP contribution in [0.25, 0.3) is 0 Å². The number of benzene rings is 2. The van der Waals surface area contributed by atoms with Crippen LogP contribution in [-0.2, 0) is 6.42 Å². The molecule has 0 bridgehead atoms. The molecule has 20 heavy (non-hydrogen) atoms. The van der Waals surface area contributed by atoms with Crippen LogP contribution in [0.2, 0.25) is 0 Å². The average Bonchev–Trinajstić information content (AvgIpc) is 2.47. The first-order valence-corrected chi connectivity index (χ1v) is 6.88. The molecule has 0 amide bonds. The van der Waals surface area contributed by atoms with E-state index in [1.807, 2.05) is 0 Å². The molecule has 2 rings (SSSR count). The molecule has 2 aromatic rings. The quantitative estimate of drug-likeness (QED) is 0.813. The van der Waals surface area contributed by atoms with E-state index in [-0.39, 0.29) is 0 Å². The van der Waals surface area contributed by atoms with Gasteiger partial charge in [0.2, 0.25) is 0 Å². The first kappa shape index (κ1) is 14.1. The van der Waals surface area contributed by atoms with Crippen molar-refractivity contribution in [1.82, 2.24) is 0 Å². The first-order chi connectivity index (χ1) is 9.69. The summed E-state index contributed by atoms with van der Waals surface area (Å²) in [7, 11) is 0. The topological polar surface area (TPSA) is 49.3 Å². The fraction of sp³-hybridized carbons (Fsp3) is 0.235. The molecule has 2 aromatic carbocycles. The molecule has 0 aliphatic heterocycles. The minimum absolute atomic E-state index is 0.297. The van der Waals surface area contributed by atoms with E-state index < -0.39 is 5.97 Å². The summed E-state index contributed by atoms with van der Waals surface area (Å²) in [6.45, 7) is 2.19. The molecule has 3 heteroatoms. The molecule has 3 nitrogen and oxygen atoms in total. The van der Waals surface area contributed by atoms with E-state index in [2.05, 4.69) is 36.5 Å².